The second kappa shape index (κ2) is 34.0. The number of unbranched alkanes of at least 4 members (excludes halogenated alkanes) is 24. The molecule has 264 valence electrons. The van der Waals surface area contributed by atoms with Gasteiger partial charge in [-0.1, -0.05) is 174 Å². The molecule has 6 heteroatoms. The Kier molecular flexibility index (Phi) is 33.7. The fraction of sp³-hybridized carbons (Fsp3) is 0.974. The maximum atomic E-state index is 12.3. The number of carbonyl (C=O) groups is 1. The van der Waals surface area contributed by atoms with Crippen LogP contribution in [-0.2, 0) is 9.53 Å². The number of carbonyl (C=O) groups excluding carboxylic acids is 1. The maximum absolute atomic E-state index is 12.3. The first kappa shape index (κ1) is 43.6. The van der Waals surface area contributed by atoms with Crippen LogP contribution in [0.5, 0.6) is 0 Å². The lowest BCUT2D eigenvalue weighted by Crippen LogP contribution is -2.41. The van der Waals surface area contributed by atoms with Crippen LogP contribution in [0.25, 0.3) is 0 Å². The molecule has 1 aliphatic rings. The Hall–Kier alpha value is -0.360. The van der Waals surface area contributed by atoms with Gasteiger partial charge < -0.3 is 9.84 Å². The molecule has 5 nitrogen and oxygen atoms in total. The average Bonchev–Trinajstić information content (AvgIpc) is 3.38. The quantitative estimate of drug-likeness (QED) is 0.0569. The normalized spacial score (nSPS) is 15.6. The number of aliphatic hydroxyl groups is 1. The highest BCUT2D eigenvalue weighted by molar-refractivity contribution is 5.85. The Morgan fingerprint density at radius 3 is 1.34 bits per heavy atom. The van der Waals surface area contributed by atoms with Gasteiger partial charge in [-0.25, -0.2) is 0 Å². The smallest absolute Gasteiger partial charge is 0.305 e. The summed E-state index contributed by atoms with van der Waals surface area (Å²) in [5.74, 6) is -0.0254. The number of hydrogen-bond donors (Lipinski definition) is 1. The highest BCUT2D eigenvalue weighted by atomic mass is 35.5. The fourth-order valence-corrected chi connectivity index (χ4v) is 6.78. The molecule has 0 saturated carbocycles. The summed E-state index contributed by atoms with van der Waals surface area (Å²) in [7, 11) is 0. The third-order valence-corrected chi connectivity index (χ3v) is 9.60. The molecule has 0 amide bonds. The van der Waals surface area contributed by atoms with Crippen molar-refractivity contribution in [1.82, 2.24) is 9.80 Å². The predicted molar refractivity (Wildman–Crippen MR) is 193 cm³/mol. The molecule has 1 aliphatic heterocycles. The second-order valence-corrected chi connectivity index (χ2v) is 13.5. The van der Waals surface area contributed by atoms with Crippen molar-refractivity contribution in [1.29, 1.82) is 0 Å². The number of esters is 1. The van der Waals surface area contributed by atoms with E-state index in [9.17, 15) is 9.90 Å². The van der Waals surface area contributed by atoms with Crippen molar-refractivity contribution in [3.8, 4) is 0 Å². The molecule has 1 N–H and O–H groups in total. The molecular weight excluding hydrogens is 568 g/mol. The summed E-state index contributed by atoms with van der Waals surface area (Å²) in [6.45, 7) is 8.87. The van der Waals surface area contributed by atoms with E-state index in [1.165, 1.54) is 154 Å². The van der Waals surface area contributed by atoms with Gasteiger partial charge in [-0.2, -0.15) is 0 Å². The molecule has 0 aromatic heterocycles. The summed E-state index contributed by atoms with van der Waals surface area (Å²) < 4.78 is 5.63. The third-order valence-electron chi connectivity index (χ3n) is 9.60. The van der Waals surface area contributed by atoms with Crippen molar-refractivity contribution >= 4 is 18.4 Å². The largest absolute Gasteiger partial charge is 0.464 e. The molecule has 0 aliphatic carbocycles. The molecule has 0 bridgehead atoms. The van der Waals surface area contributed by atoms with Crippen molar-refractivity contribution in [2.24, 2.45) is 0 Å². The van der Waals surface area contributed by atoms with Gasteiger partial charge in [0.25, 0.3) is 0 Å². The topological polar surface area (TPSA) is 53.0 Å². The summed E-state index contributed by atoms with van der Waals surface area (Å²) in [5.41, 5.74) is 0. The fourth-order valence-electron chi connectivity index (χ4n) is 6.78. The number of β-amino-alcohol motifs (C(OH)–C–C–N with tert-alkyl or cyclic N) is 1. The van der Waals surface area contributed by atoms with Gasteiger partial charge >= 0.3 is 5.97 Å². The lowest BCUT2D eigenvalue weighted by atomic mass is 10.0. The van der Waals surface area contributed by atoms with Crippen LogP contribution in [0.1, 0.15) is 194 Å². The Morgan fingerprint density at radius 1 is 0.568 bits per heavy atom. The summed E-state index contributed by atoms with van der Waals surface area (Å²) in [5, 5.41) is 9.55. The second-order valence-electron chi connectivity index (χ2n) is 13.5. The van der Waals surface area contributed by atoms with E-state index in [1.807, 2.05) is 0 Å². The number of ether oxygens (including phenoxy) is 1. The molecule has 1 heterocycles. The van der Waals surface area contributed by atoms with Crippen LogP contribution in [0.4, 0.5) is 0 Å². The number of rotatable bonds is 33. The van der Waals surface area contributed by atoms with Crippen LogP contribution < -0.4 is 0 Å². The number of nitrogens with zero attached hydrogens (tertiary/aromatic N) is 2. The van der Waals surface area contributed by atoms with Crippen LogP contribution in [0.15, 0.2) is 0 Å². The zero-order valence-corrected chi connectivity index (χ0v) is 30.5. The first-order chi connectivity index (χ1) is 21.2. The average molecular weight is 645 g/mol. The zero-order valence-electron chi connectivity index (χ0n) is 29.7. The summed E-state index contributed by atoms with van der Waals surface area (Å²) in [6.07, 6.45) is 37.3. The van der Waals surface area contributed by atoms with E-state index < -0.39 is 0 Å². The minimum atomic E-state index is -0.0254. The van der Waals surface area contributed by atoms with E-state index in [-0.39, 0.29) is 25.0 Å². The van der Waals surface area contributed by atoms with Crippen LogP contribution in [-0.4, -0.2) is 66.4 Å². The molecule has 1 saturated heterocycles. The van der Waals surface area contributed by atoms with Crippen molar-refractivity contribution in [3.05, 3.63) is 0 Å². The van der Waals surface area contributed by atoms with E-state index in [1.54, 1.807) is 0 Å². The SMILES string of the molecule is CCCCCCCCCCCCCCCC(=O)OCCN1CCN(CCO)C1CCCCCCCCCCCCCCC.Cl. The molecule has 0 spiro atoms. The molecular formula is C38H77ClN2O3. The first-order valence-corrected chi connectivity index (χ1v) is 19.5. The van der Waals surface area contributed by atoms with Gasteiger partial charge in [0.05, 0.1) is 12.8 Å². The number of aliphatic hydroxyl groups excluding tert-OH is 1. The Balaban J connectivity index is 0.0000185. The van der Waals surface area contributed by atoms with Gasteiger partial charge in [-0.05, 0) is 12.8 Å². The molecule has 1 fully saturated rings. The summed E-state index contributed by atoms with van der Waals surface area (Å²) in [6, 6.07) is 0. The van der Waals surface area contributed by atoms with Crippen LogP contribution >= 0.6 is 12.4 Å². The monoisotopic (exact) mass is 645 g/mol. The third kappa shape index (κ3) is 25.8. The summed E-state index contributed by atoms with van der Waals surface area (Å²) in [4.78, 5) is 17.2. The van der Waals surface area contributed by atoms with E-state index in [4.69, 9.17) is 4.74 Å². The van der Waals surface area contributed by atoms with Crippen molar-refractivity contribution in [2.75, 3.05) is 39.4 Å². The van der Waals surface area contributed by atoms with Gasteiger partial charge in [0, 0.05) is 32.6 Å². The van der Waals surface area contributed by atoms with Crippen LogP contribution in [0.3, 0.4) is 0 Å². The van der Waals surface area contributed by atoms with E-state index in [0.717, 1.165) is 45.4 Å². The lowest BCUT2D eigenvalue weighted by molar-refractivity contribution is -0.144. The van der Waals surface area contributed by atoms with Gasteiger partial charge in [-0.15, -0.1) is 12.4 Å². The molecule has 0 aromatic carbocycles. The Bertz CT molecular complexity index is 594. The van der Waals surface area contributed by atoms with E-state index in [0.29, 0.717) is 19.2 Å². The molecule has 1 atom stereocenters. The maximum Gasteiger partial charge on any atom is 0.305 e. The molecule has 44 heavy (non-hydrogen) atoms. The van der Waals surface area contributed by atoms with Crippen LogP contribution in [0.2, 0.25) is 0 Å². The van der Waals surface area contributed by atoms with Gasteiger partial charge in [0.15, 0.2) is 0 Å². The molecule has 0 aromatic rings. The van der Waals surface area contributed by atoms with E-state index in [2.05, 4.69) is 23.6 Å². The van der Waals surface area contributed by atoms with E-state index >= 15 is 0 Å². The lowest BCUT2D eigenvalue weighted by Gasteiger charge is -2.30. The number of halogens is 1. The van der Waals surface area contributed by atoms with Gasteiger partial charge in [-0.3, -0.25) is 14.6 Å². The van der Waals surface area contributed by atoms with Gasteiger partial charge in [0.1, 0.15) is 6.61 Å². The zero-order chi connectivity index (χ0) is 31.1. The highest BCUT2D eigenvalue weighted by Crippen LogP contribution is 2.21. The van der Waals surface area contributed by atoms with Crippen LogP contribution in [0, 0.1) is 0 Å². The van der Waals surface area contributed by atoms with Crippen molar-refractivity contribution in [2.45, 2.75) is 200 Å². The molecule has 1 rings (SSSR count). The summed E-state index contributed by atoms with van der Waals surface area (Å²) >= 11 is 0. The van der Waals surface area contributed by atoms with Gasteiger partial charge in [0.2, 0.25) is 0 Å². The Labute approximate surface area is 281 Å². The first-order valence-electron chi connectivity index (χ1n) is 19.5. The highest BCUT2D eigenvalue weighted by Gasteiger charge is 2.30. The minimum absolute atomic E-state index is 0. The Morgan fingerprint density at radius 2 is 0.932 bits per heavy atom. The van der Waals surface area contributed by atoms with Crippen molar-refractivity contribution < 1.29 is 14.6 Å². The van der Waals surface area contributed by atoms with Crippen molar-refractivity contribution in [3.63, 3.8) is 0 Å². The number of hydrogen-bond acceptors (Lipinski definition) is 5. The predicted octanol–water partition coefficient (Wildman–Crippen LogP) is 10.8. The molecule has 0 radical (unpaired) electrons. The minimum Gasteiger partial charge on any atom is -0.464 e. The standard InChI is InChI=1S/C38H76N2O3.ClH/c1-3-5-7-9-11-13-15-17-19-21-23-25-27-29-37-39(33-35-41)31-32-40(37)34-36-43-38(42)30-28-26-24-22-20-18-16-14-12-10-8-6-4-2;/h37,41H,3-36H2,1-2H3;1H. The molecule has 1 unspecified atom stereocenters.